The largest absolute Gasteiger partial charge is 0.313 e. The van der Waals surface area contributed by atoms with E-state index in [2.05, 4.69) is 37.4 Å². The number of aliphatic imine (C=N–C) groups is 1. The number of amides is 1. The van der Waals surface area contributed by atoms with Gasteiger partial charge in [-0.15, -0.1) is 0 Å². The molecule has 2 aromatic rings. The summed E-state index contributed by atoms with van der Waals surface area (Å²) >= 11 is 0. The third-order valence-electron chi connectivity index (χ3n) is 2.87. The van der Waals surface area contributed by atoms with E-state index in [9.17, 15) is 4.79 Å². The van der Waals surface area contributed by atoms with Gasteiger partial charge in [0.15, 0.2) is 0 Å². The van der Waals surface area contributed by atoms with Crippen LogP contribution in [-0.4, -0.2) is 45.3 Å². The van der Waals surface area contributed by atoms with Crippen LogP contribution in [0.5, 0.6) is 0 Å². The number of nitrogens with zero attached hydrogens (tertiary/aromatic N) is 5. The van der Waals surface area contributed by atoms with Crippen LogP contribution in [0.4, 0.5) is 0 Å². The van der Waals surface area contributed by atoms with Gasteiger partial charge in [-0.3, -0.25) is 4.79 Å². The highest BCUT2D eigenvalue weighted by molar-refractivity contribution is 5.99. The van der Waals surface area contributed by atoms with E-state index in [1.165, 1.54) is 4.80 Å². The highest BCUT2D eigenvalue weighted by atomic mass is 16.1. The van der Waals surface area contributed by atoms with Crippen LogP contribution >= 0.6 is 0 Å². The number of amidine groups is 1. The predicted octanol–water partition coefficient (Wildman–Crippen LogP) is 0.602. The van der Waals surface area contributed by atoms with Crippen LogP contribution in [0.3, 0.4) is 0 Å². The molecule has 1 amide bonds. The summed E-state index contributed by atoms with van der Waals surface area (Å²) in [6, 6.07) is 5.49. The molecule has 0 bridgehead atoms. The first kappa shape index (κ1) is 16.5. The van der Waals surface area contributed by atoms with Crippen LogP contribution in [0, 0.1) is 0 Å². The van der Waals surface area contributed by atoms with Crippen molar-refractivity contribution < 1.29 is 4.79 Å². The Kier molecular flexibility index (Phi) is 5.32. The Bertz CT molecular complexity index is 748. The highest BCUT2D eigenvalue weighted by Gasteiger charge is 2.07. The zero-order chi connectivity index (χ0) is 16.8. The number of carbonyl (C=O) groups excluding carboxylic acids is 1. The molecule has 2 rings (SSSR count). The van der Waals surface area contributed by atoms with Crippen LogP contribution in [0.2, 0.25) is 0 Å². The van der Waals surface area contributed by atoms with Crippen molar-refractivity contribution in [2.75, 3.05) is 13.6 Å². The predicted molar refractivity (Wildman–Crippen MR) is 88.4 cm³/mol. The van der Waals surface area contributed by atoms with E-state index < -0.39 is 0 Å². The lowest BCUT2D eigenvalue weighted by molar-refractivity contribution is -0.118. The first-order valence-corrected chi connectivity index (χ1v) is 7.02. The maximum atomic E-state index is 11.5. The molecule has 120 valence electrons. The second kappa shape index (κ2) is 7.41. The summed E-state index contributed by atoms with van der Waals surface area (Å²) in [7, 11) is 3.45. The number of hydrogen-bond donors (Lipinski definition) is 2. The second-order valence-electron chi connectivity index (χ2n) is 4.85. The number of hydrogen-bond acceptors (Lipinski definition) is 6. The van der Waals surface area contributed by atoms with Crippen molar-refractivity contribution in [3.63, 3.8) is 0 Å². The molecule has 0 atom stereocenters. The van der Waals surface area contributed by atoms with Crippen molar-refractivity contribution in [2.45, 2.75) is 6.92 Å². The van der Waals surface area contributed by atoms with Gasteiger partial charge in [0.05, 0.1) is 29.8 Å². The number of aromatic nitrogens is 4. The smallest absolute Gasteiger partial charge is 0.239 e. The third-order valence-corrected chi connectivity index (χ3v) is 2.87. The van der Waals surface area contributed by atoms with E-state index in [-0.39, 0.29) is 12.5 Å². The van der Waals surface area contributed by atoms with Crippen molar-refractivity contribution in [3.05, 3.63) is 36.7 Å². The molecule has 23 heavy (non-hydrogen) atoms. The molecule has 0 saturated heterocycles. The molecule has 0 radical (unpaired) electrons. The normalized spacial score (nSPS) is 11.3. The fourth-order valence-corrected chi connectivity index (χ4v) is 1.90. The highest BCUT2D eigenvalue weighted by Crippen LogP contribution is 2.17. The summed E-state index contributed by atoms with van der Waals surface area (Å²) in [6.07, 6.45) is 1.64. The van der Waals surface area contributed by atoms with Gasteiger partial charge in [-0.05, 0) is 26.1 Å². The quantitative estimate of drug-likeness (QED) is 0.622. The Hall–Kier alpha value is -2.87. The van der Waals surface area contributed by atoms with Gasteiger partial charge >= 0.3 is 0 Å². The van der Waals surface area contributed by atoms with Gasteiger partial charge in [0, 0.05) is 7.05 Å². The Morgan fingerprint density at radius 1 is 1.39 bits per heavy atom. The van der Waals surface area contributed by atoms with E-state index in [1.54, 1.807) is 33.3 Å². The lowest BCUT2D eigenvalue weighted by atomic mass is 10.2. The molecule has 2 aromatic heterocycles. The SMILES string of the molecule is C=C(N=C(C)NC(=O)CNC)c1cccc(-c2cnn(C)n2)n1. The lowest BCUT2D eigenvalue weighted by Crippen LogP contribution is -2.35. The third kappa shape index (κ3) is 4.55. The fourth-order valence-electron chi connectivity index (χ4n) is 1.90. The van der Waals surface area contributed by atoms with Gasteiger partial charge in [-0.1, -0.05) is 12.6 Å². The zero-order valence-electron chi connectivity index (χ0n) is 13.4. The van der Waals surface area contributed by atoms with Gasteiger partial charge in [0.1, 0.15) is 11.5 Å². The molecule has 0 saturated carbocycles. The van der Waals surface area contributed by atoms with Crippen LogP contribution in [-0.2, 0) is 11.8 Å². The molecule has 0 fully saturated rings. The summed E-state index contributed by atoms with van der Waals surface area (Å²) in [5.74, 6) is 0.296. The van der Waals surface area contributed by atoms with E-state index in [1.807, 2.05) is 12.1 Å². The van der Waals surface area contributed by atoms with Crippen molar-refractivity contribution in [1.82, 2.24) is 30.6 Å². The molecule has 0 spiro atoms. The average Bonchev–Trinajstić information content (AvgIpc) is 2.94. The van der Waals surface area contributed by atoms with Crippen molar-refractivity contribution >= 4 is 17.4 Å². The van der Waals surface area contributed by atoms with Crippen molar-refractivity contribution in [1.29, 1.82) is 0 Å². The summed E-state index contributed by atoms with van der Waals surface area (Å²) < 4.78 is 0. The summed E-state index contributed by atoms with van der Waals surface area (Å²) in [6.45, 7) is 5.82. The van der Waals surface area contributed by atoms with Crippen LogP contribution in [0.15, 0.2) is 36.0 Å². The summed E-state index contributed by atoms with van der Waals surface area (Å²) in [5.41, 5.74) is 2.42. The van der Waals surface area contributed by atoms with E-state index in [0.717, 1.165) is 0 Å². The molecule has 8 nitrogen and oxygen atoms in total. The minimum atomic E-state index is -0.164. The molecule has 0 aliphatic heterocycles. The van der Waals surface area contributed by atoms with E-state index >= 15 is 0 Å². The zero-order valence-corrected chi connectivity index (χ0v) is 13.4. The Balaban J connectivity index is 2.15. The average molecular weight is 313 g/mol. The molecule has 0 unspecified atom stereocenters. The van der Waals surface area contributed by atoms with Crippen LogP contribution in [0.25, 0.3) is 17.1 Å². The fraction of sp³-hybridized carbons (Fsp3) is 0.267. The Morgan fingerprint density at radius 3 is 2.83 bits per heavy atom. The number of rotatable bonds is 5. The lowest BCUT2D eigenvalue weighted by Gasteiger charge is -2.06. The number of nitrogens with one attached hydrogen (secondary N) is 2. The van der Waals surface area contributed by atoms with Crippen LogP contribution < -0.4 is 10.6 Å². The van der Waals surface area contributed by atoms with E-state index in [0.29, 0.717) is 28.6 Å². The van der Waals surface area contributed by atoms with Crippen molar-refractivity contribution in [2.24, 2.45) is 12.0 Å². The van der Waals surface area contributed by atoms with E-state index in [4.69, 9.17) is 0 Å². The Labute approximate surface area is 134 Å². The van der Waals surface area contributed by atoms with Gasteiger partial charge in [0.2, 0.25) is 5.91 Å². The monoisotopic (exact) mass is 313 g/mol. The molecule has 8 heteroatoms. The molecule has 0 aromatic carbocycles. The number of pyridine rings is 1. The molecule has 0 aliphatic rings. The summed E-state index contributed by atoms with van der Waals surface area (Å²) in [5, 5.41) is 13.7. The molecular formula is C15H19N7O. The standard InChI is InChI=1S/C15H19N7O/c1-10(18-11(2)19-15(23)9-16-3)12-6-5-7-13(20-12)14-8-17-22(4)21-14/h5-8,16H,1,9H2,2-4H3,(H,18,19,23). The molecule has 2 heterocycles. The Morgan fingerprint density at radius 2 is 2.17 bits per heavy atom. The minimum Gasteiger partial charge on any atom is -0.313 e. The van der Waals surface area contributed by atoms with Gasteiger partial charge < -0.3 is 10.6 Å². The first-order valence-electron chi connectivity index (χ1n) is 7.02. The molecule has 0 aliphatic carbocycles. The topological polar surface area (TPSA) is 97.1 Å². The van der Waals surface area contributed by atoms with Gasteiger partial charge in [-0.2, -0.15) is 15.0 Å². The van der Waals surface area contributed by atoms with Crippen LogP contribution in [0.1, 0.15) is 12.6 Å². The number of likely N-dealkylation sites (N-methyl/N-ethyl adjacent to an activating group) is 1. The number of carbonyl (C=O) groups is 1. The first-order chi connectivity index (χ1) is 11.0. The number of aryl methyl sites for hydroxylation is 1. The van der Waals surface area contributed by atoms with Crippen molar-refractivity contribution in [3.8, 4) is 11.4 Å². The maximum absolute atomic E-state index is 11.5. The molecular weight excluding hydrogens is 294 g/mol. The summed E-state index contributed by atoms with van der Waals surface area (Å²) in [4.78, 5) is 21.7. The van der Waals surface area contributed by atoms with Gasteiger partial charge in [0.25, 0.3) is 0 Å². The second-order valence-corrected chi connectivity index (χ2v) is 4.85. The minimum absolute atomic E-state index is 0.164. The van der Waals surface area contributed by atoms with Gasteiger partial charge in [-0.25, -0.2) is 9.98 Å². The maximum Gasteiger partial charge on any atom is 0.239 e. The molecule has 2 N–H and O–H groups in total.